The summed E-state index contributed by atoms with van der Waals surface area (Å²) in [7, 11) is 0. The zero-order valence-electron chi connectivity index (χ0n) is 8.98. The van der Waals surface area contributed by atoms with Crippen LogP contribution in [-0.2, 0) is 0 Å². The van der Waals surface area contributed by atoms with E-state index in [2.05, 4.69) is 10.3 Å². The fourth-order valence-electron chi connectivity index (χ4n) is 1.37. The Morgan fingerprint density at radius 2 is 2.00 bits per heavy atom. The van der Waals surface area contributed by atoms with Gasteiger partial charge in [-0.25, -0.2) is 0 Å². The highest BCUT2D eigenvalue weighted by Gasteiger charge is 2.14. The summed E-state index contributed by atoms with van der Waals surface area (Å²) < 4.78 is 1.30. The molecule has 2 aromatic rings. The van der Waals surface area contributed by atoms with Gasteiger partial charge in [0.25, 0.3) is 5.69 Å². The number of benzene rings is 1. The molecular weight excluding hydrogens is 256 g/mol. The number of nitrogens with two attached hydrogens (primary N) is 2. The van der Waals surface area contributed by atoms with Crippen molar-refractivity contribution in [2.75, 3.05) is 5.73 Å². The smallest absolute Gasteiger partial charge is 0.269 e. The van der Waals surface area contributed by atoms with Gasteiger partial charge in [-0.2, -0.15) is 4.68 Å². The van der Waals surface area contributed by atoms with Crippen LogP contribution in [0.5, 0.6) is 0 Å². The number of hydrogen-bond donors (Lipinski definition) is 2. The van der Waals surface area contributed by atoms with Crippen LogP contribution < -0.4 is 11.5 Å². The van der Waals surface area contributed by atoms with Crippen LogP contribution in [0.2, 0.25) is 0 Å². The second-order valence-electron chi connectivity index (χ2n) is 3.37. The van der Waals surface area contributed by atoms with Crippen LogP contribution in [0.15, 0.2) is 24.3 Å². The fourth-order valence-corrected chi connectivity index (χ4v) is 1.52. The molecule has 0 amide bonds. The summed E-state index contributed by atoms with van der Waals surface area (Å²) in [5, 5.41) is 18.0. The van der Waals surface area contributed by atoms with Crippen molar-refractivity contribution in [2.45, 2.75) is 0 Å². The van der Waals surface area contributed by atoms with E-state index < -0.39 is 4.92 Å². The van der Waals surface area contributed by atoms with Crippen LogP contribution in [0.4, 0.5) is 11.5 Å². The van der Waals surface area contributed by atoms with Crippen molar-refractivity contribution in [3.05, 3.63) is 40.1 Å². The Morgan fingerprint density at radius 3 is 2.44 bits per heavy atom. The first kappa shape index (κ1) is 11.9. The Balaban J connectivity index is 2.43. The van der Waals surface area contributed by atoms with Crippen molar-refractivity contribution in [3.8, 4) is 5.69 Å². The molecule has 0 saturated carbocycles. The Labute approximate surface area is 106 Å². The van der Waals surface area contributed by atoms with E-state index in [4.69, 9.17) is 23.7 Å². The molecule has 4 N–H and O–H groups in total. The van der Waals surface area contributed by atoms with Gasteiger partial charge in [0.15, 0.2) is 11.5 Å². The number of non-ortho nitro benzene ring substituents is 1. The molecular formula is C9H8N6O2S. The van der Waals surface area contributed by atoms with Crippen molar-refractivity contribution < 1.29 is 4.92 Å². The molecule has 2 rings (SSSR count). The Kier molecular flexibility index (Phi) is 2.90. The molecule has 1 aromatic heterocycles. The van der Waals surface area contributed by atoms with Gasteiger partial charge in [0.1, 0.15) is 4.99 Å². The Hall–Kier alpha value is -2.55. The van der Waals surface area contributed by atoms with Gasteiger partial charge in [0.05, 0.1) is 10.6 Å². The van der Waals surface area contributed by atoms with Gasteiger partial charge >= 0.3 is 0 Å². The summed E-state index contributed by atoms with van der Waals surface area (Å²) >= 11 is 4.76. The topological polar surface area (TPSA) is 126 Å². The highest BCUT2D eigenvalue weighted by atomic mass is 32.1. The minimum atomic E-state index is -0.491. The van der Waals surface area contributed by atoms with Crippen LogP contribution in [-0.4, -0.2) is 24.9 Å². The number of nitro benzene ring substituents is 1. The average molecular weight is 264 g/mol. The minimum Gasteiger partial charge on any atom is -0.388 e. The van der Waals surface area contributed by atoms with Gasteiger partial charge in [-0.15, -0.1) is 5.10 Å². The Bertz CT molecular complexity index is 620. The number of thiocarbonyl (C=S) groups is 1. The first-order valence-corrected chi connectivity index (χ1v) is 5.17. The van der Waals surface area contributed by atoms with Gasteiger partial charge in [0.2, 0.25) is 0 Å². The summed E-state index contributed by atoms with van der Waals surface area (Å²) in [5.74, 6) is 0.191. The number of hydrogen-bond acceptors (Lipinski definition) is 6. The number of rotatable bonds is 3. The standard InChI is InChI=1S/C9H8N6O2S/c10-8-7(9(11)18)12-13-14(8)5-1-3-6(4-2-5)15(16)17/h1-4H,10H2,(H2,11,18). The SMILES string of the molecule is NC(=S)c1nnn(-c2ccc([N+](=O)[O-])cc2)c1N. The molecule has 0 aliphatic carbocycles. The second-order valence-corrected chi connectivity index (χ2v) is 3.81. The van der Waals surface area contributed by atoms with E-state index in [1.54, 1.807) is 0 Å². The summed E-state index contributed by atoms with van der Waals surface area (Å²) in [6.07, 6.45) is 0. The molecule has 1 aromatic carbocycles. The third-order valence-electron chi connectivity index (χ3n) is 2.24. The molecule has 0 fully saturated rings. The van der Waals surface area contributed by atoms with Crippen molar-refractivity contribution in [1.29, 1.82) is 0 Å². The van der Waals surface area contributed by atoms with Crippen molar-refractivity contribution in [2.24, 2.45) is 5.73 Å². The number of nitro groups is 1. The normalized spacial score (nSPS) is 10.2. The molecule has 0 atom stereocenters. The zero-order chi connectivity index (χ0) is 13.3. The molecule has 0 radical (unpaired) electrons. The van der Waals surface area contributed by atoms with Crippen LogP contribution >= 0.6 is 12.2 Å². The van der Waals surface area contributed by atoms with Gasteiger partial charge in [-0.05, 0) is 12.1 Å². The molecule has 0 aliphatic rings. The third kappa shape index (κ3) is 1.98. The number of anilines is 1. The largest absolute Gasteiger partial charge is 0.388 e. The molecule has 0 bridgehead atoms. The molecule has 92 valence electrons. The maximum absolute atomic E-state index is 10.5. The first-order chi connectivity index (χ1) is 8.50. The lowest BCUT2D eigenvalue weighted by molar-refractivity contribution is -0.384. The van der Waals surface area contributed by atoms with E-state index in [0.717, 1.165) is 0 Å². The van der Waals surface area contributed by atoms with E-state index in [1.807, 2.05) is 0 Å². The molecule has 1 heterocycles. The number of nitrogens with zero attached hydrogens (tertiary/aromatic N) is 4. The monoisotopic (exact) mass is 264 g/mol. The lowest BCUT2D eigenvalue weighted by Crippen LogP contribution is -2.13. The van der Waals surface area contributed by atoms with Gasteiger partial charge in [-0.1, -0.05) is 17.4 Å². The summed E-state index contributed by atoms with van der Waals surface area (Å²) in [6, 6.07) is 5.70. The van der Waals surface area contributed by atoms with E-state index in [1.165, 1.54) is 28.9 Å². The Morgan fingerprint density at radius 1 is 1.39 bits per heavy atom. The molecule has 8 nitrogen and oxygen atoms in total. The average Bonchev–Trinajstić information content (AvgIpc) is 2.71. The van der Waals surface area contributed by atoms with E-state index in [-0.39, 0.29) is 22.2 Å². The molecule has 0 unspecified atom stereocenters. The van der Waals surface area contributed by atoms with Crippen molar-refractivity contribution in [3.63, 3.8) is 0 Å². The van der Waals surface area contributed by atoms with Crippen LogP contribution in [0.3, 0.4) is 0 Å². The summed E-state index contributed by atoms with van der Waals surface area (Å²) in [6.45, 7) is 0. The molecule has 9 heteroatoms. The number of nitrogen functional groups attached to an aromatic ring is 1. The quantitative estimate of drug-likeness (QED) is 0.466. The molecule has 18 heavy (non-hydrogen) atoms. The van der Waals surface area contributed by atoms with E-state index in [0.29, 0.717) is 5.69 Å². The summed E-state index contributed by atoms with van der Waals surface area (Å²) in [5.41, 5.74) is 11.9. The fraction of sp³-hybridized carbons (Fsp3) is 0. The van der Waals surface area contributed by atoms with E-state index >= 15 is 0 Å². The highest BCUT2D eigenvalue weighted by molar-refractivity contribution is 7.80. The van der Waals surface area contributed by atoms with Crippen LogP contribution in [0, 0.1) is 10.1 Å². The number of aromatic nitrogens is 3. The second kappa shape index (κ2) is 4.37. The predicted molar refractivity (Wildman–Crippen MR) is 68.3 cm³/mol. The lowest BCUT2D eigenvalue weighted by atomic mass is 10.3. The maximum atomic E-state index is 10.5. The van der Waals surface area contributed by atoms with Crippen LogP contribution in [0.25, 0.3) is 5.69 Å². The molecule has 0 aliphatic heterocycles. The molecule has 0 saturated heterocycles. The first-order valence-electron chi connectivity index (χ1n) is 4.76. The van der Waals surface area contributed by atoms with Gasteiger partial charge < -0.3 is 11.5 Å². The lowest BCUT2D eigenvalue weighted by Gasteiger charge is -2.02. The zero-order valence-corrected chi connectivity index (χ0v) is 9.79. The summed E-state index contributed by atoms with van der Waals surface area (Å²) in [4.78, 5) is 10.1. The molecule has 0 spiro atoms. The maximum Gasteiger partial charge on any atom is 0.269 e. The van der Waals surface area contributed by atoms with Crippen LogP contribution in [0.1, 0.15) is 5.69 Å². The third-order valence-corrected chi connectivity index (χ3v) is 2.44. The highest BCUT2D eigenvalue weighted by Crippen LogP contribution is 2.18. The van der Waals surface area contributed by atoms with Crippen molar-refractivity contribution >= 4 is 28.7 Å². The van der Waals surface area contributed by atoms with E-state index in [9.17, 15) is 10.1 Å². The van der Waals surface area contributed by atoms with Gasteiger partial charge in [0, 0.05) is 12.1 Å². The predicted octanol–water partition coefficient (Wildman–Crippen LogP) is 0.392. The van der Waals surface area contributed by atoms with Crippen molar-refractivity contribution in [1.82, 2.24) is 15.0 Å². The van der Waals surface area contributed by atoms with Gasteiger partial charge in [-0.3, -0.25) is 10.1 Å². The minimum absolute atomic E-state index is 0.0213.